The number of aryl methyl sites for hydroxylation is 1. The van der Waals surface area contributed by atoms with E-state index in [9.17, 15) is 13.6 Å². The van der Waals surface area contributed by atoms with Gasteiger partial charge in [0.1, 0.15) is 11.3 Å². The Hall–Kier alpha value is -2.65. The van der Waals surface area contributed by atoms with E-state index in [1.165, 1.54) is 18.2 Å². The molecule has 140 valence electrons. The molecule has 3 aromatic rings. The van der Waals surface area contributed by atoms with E-state index in [2.05, 4.69) is 20.4 Å². The highest BCUT2D eigenvalue weighted by atomic mass is 32.1. The summed E-state index contributed by atoms with van der Waals surface area (Å²) < 4.78 is 33.3. The summed E-state index contributed by atoms with van der Waals surface area (Å²) in [7, 11) is 0. The molecule has 0 spiro atoms. The van der Waals surface area contributed by atoms with Gasteiger partial charge < -0.3 is 5.32 Å². The second kappa shape index (κ2) is 7.16. The van der Waals surface area contributed by atoms with Crippen molar-refractivity contribution in [2.24, 2.45) is 5.92 Å². The maximum atomic E-state index is 15.0. The van der Waals surface area contributed by atoms with Crippen LogP contribution in [0.4, 0.5) is 20.2 Å². The van der Waals surface area contributed by atoms with E-state index in [1.807, 2.05) is 0 Å². The molecular formula is C18H16F2N4O2S. The van der Waals surface area contributed by atoms with Gasteiger partial charge in [-0.15, -0.1) is 5.10 Å². The molecule has 1 aliphatic carbocycles. The minimum Gasteiger partial charge on any atom is -0.350 e. The monoisotopic (exact) mass is 390 g/mol. The van der Waals surface area contributed by atoms with Crippen molar-refractivity contribution >= 4 is 39.0 Å². The van der Waals surface area contributed by atoms with E-state index in [0.717, 1.165) is 29.9 Å². The third kappa shape index (κ3) is 3.74. The first-order chi connectivity index (χ1) is 13.0. The largest absolute Gasteiger partial charge is 0.350 e. The first kappa shape index (κ1) is 17.7. The molecule has 2 aromatic carbocycles. The van der Waals surface area contributed by atoms with Crippen molar-refractivity contribution in [2.45, 2.75) is 19.8 Å². The van der Waals surface area contributed by atoms with Gasteiger partial charge in [-0.25, -0.2) is 14.3 Å². The summed E-state index contributed by atoms with van der Waals surface area (Å²) in [4.78, 5) is 17.7. The minimum absolute atomic E-state index is 0.0122. The van der Waals surface area contributed by atoms with Crippen LogP contribution in [0.3, 0.4) is 0 Å². The molecule has 9 heteroatoms. The molecule has 0 unspecified atom stereocenters. The van der Waals surface area contributed by atoms with Gasteiger partial charge in [0.25, 0.3) is 5.91 Å². The Morgan fingerprint density at radius 2 is 2.15 bits per heavy atom. The molecule has 1 aromatic heterocycles. The summed E-state index contributed by atoms with van der Waals surface area (Å²) in [6.07, 6.45) is 2.14. The zero-order valence-electron chi connectivity index (χ0n) is 14.4. The zero-order valence-corrected chi connectivity index (χ0v) is 15.2. The first-order valence-corrected chi connectivity index (χ1v) is 9.20. The van der Waals surface area contributed by atoms with E-state index in [0.29, 0.717) is 17.2 Å². The molecule has 1 fully saturated rings. The highest BCUT2D eigenvalue weighted by molar-refractivity contribution is 7.13. The number of hydroxylamine groups is 1. The van der Waals surface area contributed by atoms with Crippen molar-refractivity contribution in [3.05, 3.63) is 47.0 Å². The lowest BCUT2D eigenvalue weighted by atomic mass is 10.1. The van der Waals surface area contributed by atoms with E-state index in [-0.39, 0.29) is 22.5 Å². The standard InChI is InChI=1S/C18H16F2N4O2S/c1-9-2-5-13(12(19)6-9)21-16-11(18(25)23-26-8-10-3-4-10)7-14-17(15(16)20)22-24-27-14/h2,5-7,10,21H,3-4,8H2,1H3,(H,23,25). The molecule has 0 aliphatic heterocycles. The lowest BCUT2D eigenvalue weighted by Crippen LogP contribution is -2.26. The van der Waals surface area contributed by atoms with E-state index < -0.39 is 17.5 Å². The van der Waals surface area contributed by atoms with E-state index >= 15 is 0 Å². The number of anilines is 2. The van der Waals surface area contributed by atoms with Crippen LogP contribution in [0.2, 0.25) is 0 Å². The van der Waals surface area contributed by atoms with Crippen molar-refractivity contribution in [1.82, 2.24) is 15.1 Å². The Morgan fingerprint density at radius 1 is 1.33 bits per heavy atom. The van der Waals surface area contributed by atoms with Crippen molar-refractivity contribution < 1.29 is 18.4 Å². The number of benzene rings is 2. The smallest absolute Gasteiger partial charge is 0.277 e. The summed E-state index contributed by atoms with van der Waals surface area (Å²) in [5.74, 6) is -1.50. The molecule has 1 saturated carbocycles. The second-order valence-corrected chi connectivity index (χ2v) is 7.31. The quantitative estimate of drug-likeness (QED) is 0.620. The fraction of sp³-hybridized carbons (Fsp3) is 0.278. The van der Waals surface area contributed by atoms with Gasteiger partial charge in [0, 0.05) is 0 Å². The number of amides is 1. The van der Waals surface area contributed by atoms with Gasteiger partial charge >= 0.3 is 0 Å². The SMILES string of the molecule is Cc1ccc(Nc2c(C(=O)NOCC3CC3)cc3snnc3c2F)c(F)c1. The van der Waals surface area contributed by atoms with Gasteiger partial charge in [-0.2, -0.15) is 0 Å². The number of aromatic nitrogens is 2. The van der Waals surface area contributed by atoms with E-state index in [1.54, 1.807) is 13.0 Å². The number of halogens is 2. The van der Waals surface area contributed by atoms with Gasteiger partial charge in [0.2, 0.25) is 0 Å². The Bertz CT molecular complexity index is 1020. The zero-order chi connectivity index (χ0) is 19.0. The molecule has 2 N–H and O–H groups in total. The van der Waals surface area contributed by atoms with Crippen LogP contribution in [0, 0.1) is 24.5 Å². The summed E-state index contributed by atoms with van der Waals surface area (Å²) in [5, 5.41) is 6.43. The molecule has 0 atom stereocenters. The van der Waals surface area contributed by atoms with Crippen molar-refractivity contribution in [3.8, 4) is 0 Å². The van der Waals surface area contributed by atoms with Crippen LogP contribution in [0.25, 0.3) is 10.2 Å². The van der Waals surface area contributed by atoms with E-state index in [4.69, 9.17) is 4.84 Å². The van der Waals surface area contributed by atoms with Crippen LogP contribution in [0.15, 0.2) is 24.3 Å². The molecule has 0 radical (unpaired) electrons. The topological polar surface area (TPSA) is 76.1 Å². The number of hydrogen-bond donors (Lipinski definition) is 2. The molecule has 27 heavy (non-hydrogen) atoms. The van der Waals surface area contributed by atoms with Crippen molar-refractivity contribution in [3.63, 3.8) is 0 Å². The Morgan fingerprint density at radius 3 is 2.89 bits per heavy atom. The summed E-state index contributed by atoms with van der Waals surface area (Å²) >= 11 is 0.968. The highest BCUT2D eigenvalue weighted by Crippen LogP contribution is 2.33. The number of carbonyl (C=O) groups excluding carboxylic acids is 1. The number of hydrogen-bond acceptors (Lipinski definition) is 6. The molecular weight excluding hydrogens is 374 g/mol. The Kier molecular flexibility index (Phi) is 4.71. The lowest BCUT2D eigenvalue weighted by molar-refractivity contribution is 0.0271. The number of fused-ring (bicyclic) bond motifs is 1. The van der Waals surface area contributed by atoms with Crippen LogP contribution in [-0.4, -0.2) is 22.1 Å². The molecule has 0 bridgehead atoms. The maximum absolute atomic E-state index is 15.0. The van der Waals surface area contributed by atoms with Gasteiger partial charge in [0.05, 0.1) is 28.2 Å². The molecule has 1 heterocycles. The summed E-state index contributed by atoms with van der Waals surface area (Å²) in [6.45, 7) is 2.16. The van der Waals surface area contributed by atoms with Crippen molar-refractivity contribution in [1.29, 1.82) is 0 Å². The third-order valence-electron chi connectivity index (χ3n) is 4.30. The second-order valence-electron chi connectivity index (χ2n) is 6.53. The molecule has 1 aliphatic rings. The highest BCUT2D eigenvalue weighted by Gasteiger charge is 2.24. The number of carbonyl (C=O) groups is 1. The average molecular weight is 390 g/mol. The fourth-order valence-corrected chi connectivity index (χ4v) is 3.20. The minimum atomic E-state index is -0.770. The molecule has 4 rings (SSSR count). The van der Waals surface area contributed by atoms with Crippen LogP contribution in [-0.2, 0) is 4.84 Å². The normalized spacial score (nSPS) is 13.7. The number of rotatable bonds is 6. The first-order valence-electron chi connectivity index (χ1n) is 8.43. The summed E-state index contributed by atoms with van der Waals surface area (Å²) in [6, 6.07) is 5.96. The Balaban J connectivity index is 1.69. The number of nitrogens with zero attached hydrogens (tertiary/aromatic N) is 2. The fourth-order valence-electron chi connectivity index (χ4n) is 2.61. The lowest BCUT2D eigenvalue weighted by Gasteiger charge is -2.14. The van der Waals surface area contributed by atoms with Crippen LogP contribution in [0.5, 0.6) is 0 Å². The maximum Gasteiger partial charge on any atom is 0.277 e. The molecule has 1 amide bonds. The predicted molar refractivity (Wildman–Crippen MR) is 97.9 cm³/mol. The van der Waals surface area contributed by atoms with Crippen LogP contribution >= 0.6 is 11.5 Å². The molecule has 0 saturated heterocycles. The Labute approximate surface area is 157 Å². The van der Waals surface area contributed by atoms with Gasteiger partial charge in [-0.1, -0.05) is 10.6 Å². The predicted octanol–water partition coefficient (Wildman–Crippen LogP) is 4.09. The third-order valence-corrected chi connectivity index (χ3v) is 4.97. The average Bonchev–Trinajstić information content (AvgIpc) is 3.33. The molecule has 6 nitrogen and oxygen atoms in total. The van der Waals surface area contributed by atoms with Gasteiger partial charge in [0.15, 0.2) is 5.82 Å². The van der Waals surface area contributed by atoms with Gasteiger partial charge in [-0.3, -0.25) is 9.63 Å². The van der Waals surface area contributed by atoms with Crippen molar-refractivity contribution in [2.75, 3.05) is 11.9 Å². The summed E-state index contributed by atoms with van der Waals surface area (Å²) in [5.41, 5.74) is 2.94. The van der Waals surface area contributed by atoms with Gasteiger partial charge in [-0.05, 0) is 61.0 Å². The van der Waals surface area contributed by atoms with Crippen LogP contribution < -0.4 is 10.8 Å². The van der Waals surface area contributed by atoms with Crippen LogP contribution in [0.1, 0.15) is 28.8 Å². The number of nitrogens with one attached hydrogen (secondary N) is 2.